The van der Waals surface area contributed by atoms with Crippen LogP contribution in [0.1, 0.15) is 26.2 Å². The molecule has 0 bridgehead atoms. The lowest BCUT2D eigenvalue weighted by atomic mass is 10.3. The molecular formula is C8H16F2O2Si. The highest BCUT2D eigenvalue weighted by atomic mass is 28.2. The predicted molar refractivity (Wildman–Crippen MR) is 49.8 cm³/mol. The van der Waals surface area contributed by atoms with Crippen LogP contribution in [0, 0.1) is 0 Å². The number of rotatable bonds is 7. The highest BCUT2D eigenvalue weighted by molar-refractivity contribution is 6.36. The Bertz CT molecular complexity index is 142. The average Bonchev–Trinajstić information content (AvgIpc) is 2.08. The molecule has 0 spiro atoms. The minimum Gasteiger partial charge on any atom is -0.466 e. The first-order valence-corrected chi connectivity index (χ1v) is 6.42. The van der Waals surface area contributed by atoms with Crippen molar-refractivity contribution in [3.8, 4) is 0 Å². The van der Waals surface area contributed by atoms with Crippen LogP contribution in [0.3, 0.4) is 0 Å². The van der Waals surface area contributed by atoms with Crippen LogP contribution in [0.5, 0.6) is 0 Å². The highest BCUT2D eigenvalue weighted by Gasteiger charge is 2.05. The first-order chi connectivity index (χ1) is 6.16. The fraction of sp³-hybridized carbons (Fsp3) is 0.875. The van der Waals surface area contributed by atoms with Gasteiger partial charge < -0.3 is 4.74 Å². The summed E-state index contributed by atoms with van der Waals surface area (Å²) in [6.07, 6.45) is 1.65. The predicted octanol–water partition coefficient (Wildman–Crippen LogP) is 1.53. The molecule has 0 N–H and O–H groups in total. The lowest BCUT2D eigenvalue weighted by Crippen LogP contribution is -2.07. The van der Waals surface area contributed by atoms with Gasteiger partial charge in [0.15, 0.2) is 0 Å². The van der Waals surface area contributed by atoms with Gasteiger partial charge in [0.05, 0.1) is 6.61 Å². The van der Waals surface area contributed by atoms with E-state index in [1.54, 1.807) is 0 Å². The third-order valence-electron chi connectivity index (χ3n) is 1.52. The van der Waals surface area contributed by atoms with Gasteiger partial charge in [0, 0.05) is 6.42 Å². The number of ether oxygens (including phenoxy) is 1. The van der Waals surface area contributed by atoms with Gasteiger partial charge in [0.2, 0.25) is 6.05 Å². The van der Waals surface area contributed by atoms with E-state index in [2.05, 4.69) is 0 Å². The van der Waals surface area contributed by atoms with Gasteiger partial charge in [-0.25, -0.2) is 8.78 Å². The number of alkyl halides is 2. The number of hydrogen-bond acceptors (Lipinski definition) is 2. The second-order valence-corrected chi connectivity index (χ2v) is 4.76. The van der Waals surface area contributed by atoms with Crippen molar-refractivity contribution >= 4 is 15.5 Å². The van der Waals surface area contributed by atoms with Crippen LogP contribution in [0.15, 0.2) is 0 Å². The molecule has 0 saturated carbocycles. The Morgan fingerprint density at radius 1 is 1.54 bits per heavy atom. The van der Waals surface area contributed by atoms with Gasteiger partial charge in [0.25, 0.3) is 0 Å². The normalized spacial score (nSPS) is 11.4. The monoisotopic (exact) mass is 210 g/mol. The molecule has 0 aromatic heterocycles. The van der Waals surface area contributed by atoms with E-state index in [4.69, 9.17) is 4.74 Å². The first kappa shape index (κ1) is 12.5. The number of carbonyl (C=O) groups excluding carboxylic acids is 1. The lowest BCUT2D eigenvalue weighted by Gasteiger charge is -2.02. The summed E-state index contributed by atoms with van der Waals surface area (Å²) in [7, 11) is -1.26. The van der Waals surface area contributed by atoms with E-state index in [0.717, 1.165) is 6.42 Å². The molecule has 0 aliphatic carbocycles. The molecule has 13 heavy (non-hydrogen) atoms. The first-order valence-electron chi connectivity index (χ1n) is 4.60. The van der Waals surface area contributed by atoms with Crippen molar-refractivity contribution in [1.29, 1.82) is 0 Å². The molecule has 0 aromatic carbocycles. The van der Waals surface area contributed by atoms with Crippen molar-refractivity contribution in [1.82, 2.24) is 0 Å². The largest absolute Gasteiger partial charge is 0.466 e. The summed E-state index contributed by atoms with van der Waals surface area (Å²) in [5.74, 6) is -0.259. The van der Waals surface area contributed by atoms with Crippen molar-refractivity contribution in [2.75, 3.05) is 6.61 Å². The fourth-order valence-electron chi connectivity index (χ4n) is 0.856. The fourth-order valence-corrected chi connectivity index (χ4v) is 1.70. The van der Waals surface area contributed by atoms with Gasteiger partial charge in [0.1, 0.15) is 9.52 Å². The Labute approximate surface area is 79.5 Å². The third-order valence-corrected chi connectivity index (χ3v) is 2.87. The van der Waals surface area contributed by atoms with Crippen LogP contribution in [-0.2, 0) is 9.53 Å². The lowest BCUT2D eigenvalue weighted by molar-refractivity contribution is -0.143. The zero-order valence-corrected chi connectivity index (χ0v) is 9.31. The summed E-state index contributed by atoms with van der Waals surface area (Å²) in [5, 5.41) is 0. The summed E-state index contributed by atoms with van der Waals surface area (Å²) in [6.45, 7) is 2.35. The Morgan fingerprint density at radius 3 is 2.77 bits per heavy atom. The zero-order valence-electron chi connectivity index (χ0n) is 7.89. The Kier molecular flexibility index (Phi) is 7.87. The molecule has 0 amide bonds. The molecule has 2 nitrogen and oxygen atoms in total. The minimum atomic E-state index is -2.12. The molecular weight excluding hydrogens is 194 g/mol. The number of esters is 1. The third kappa shape index (κ3) is 9.46. The summed E-state index contributed by atoms with van der Waals surface area (Å²) in [4.78, 5) is 10.9. The maximum atomic E-state index is 11.7. The smallest absolute Gasteiger partial charge is 0.305 e. The quantitative estimate of drug-likeness (QED) is 0.362. The molecule has 0 heterocycles. The van der Waals surface area contributed by atoms with Crippen LogP contribution in [0.4, 0.5) is 8.78 Å². The SMILES string of the molecule is CCCOC(=O)CCC[SiH2]C(F)F. The maximum Gasteiger partial charge on any atom is 0.305 e. The van der Waals surface area contributed by atoms with Crippen molar-refractivity contribution in [2.45, 2.75) is 38.3 Å². The molecule has 0 aliphatic rings. The van der Waals surface area contributed by atoms with E-state index >= 15 is 0 Å². The average molecular weight is 210 g/mol. The molecule has 0 aromatic rings. The topological polar surface area (TPSA) is 26.3 Å². The molecule has 0 radical (unpaired) electrons. The molecule has 78 valence electrons. The van der Waals surface area contributed by atoms with Crippen LogP contribution in [0.25, 0.3) is 0 Å². The molecule has 0 saturated heterocycles. The summed E-state index contributed by atoms with van der Waals surface area (Å²) in [6, 6.07) is -1.59. The van der Waals surface area contributed by atoms with E-state index < -0.39 is 15.6 Å². The van der Waals surface area contributed by atoms with Gasteiger partial charge in [-0.3, -0.25) is 4.79 Å². The van der Waals surface area contributed by atoms with Crippen LogP contribution >= 0.6 is 0 Å². The standard InChI is InChI=1S/C8H16F2O2Si/c1-2-5-12-7(11)4-3-6-13-8(9)10/h8H,2-6,13H2,1H3. The number of carbonyl (C=O) groups is 1. The zero-order chi connectivity index (χ0) is 10.1. The van der Waals surface area contributed by atoms with Crippen molar-refractivity contribution in [2.24, 2.45) is 0 Å². The Balaban J connectivity index is 3.17. The second kappa shape index (κ2) is 8.16. The Morgan fingerprint density at radius 2 is 2.23 bits per heavy atom. The van der Waals surface area contributed by atoms with E-state index in [1.165, 1.54) is 0 Å². The summed E-state index contributed by atoms with van der Waals surface area (Å²) < 4.78 is 28.2. The summed E-state index contributed by atoms with van der Waals surface area (Å²) >= 11 is 0. The van der Waals surface area contributed by atoms with Gasteiger partial charge in [-0.1, -0.05) is 13.0 Å². The van der Waals surface area contributed by atoms with Crippen LogP contribution in [-0.4, -0.2) is 28.1 Å². The molecule has 0 unspecified atom stereocenters. The van der Waals surface area contributed by atoms with Gasteiger partial charge >= 0.3 is 5.97 Å². The molecule has 5 heteroatoms. The maximum absolute atomic E-state index is 11.7. The van der Waals surface area contributed by atoms with E-state index in [9.17, 15) is 13.6 Å². The van der Waals surface area contributed by atoms with Crippen LogP contribution in [0.2, 0.25) is 6.04 Å². The minimum absolute atomic E-state index is 0.259. The van der Waals surface area contributed by atoms with Gasteiger partial charge in [-0.2, -0.15) is 0 Å². The van der Waals surface area contributed by atoms with Crippen LogP contribution < -0.4 is 0 Å². The molecule has 0 fully saturated rings. The van der Waals surface area contributed by atoms with E-state index in [1.807, 2.05) is 6.92 Å². The number of hydrogen-bond donors (Lipinski definition) is 0. The van der Waals surface area contributed by atoms with Gasteiger partial charge in [-0.05, 0) is 12.8 Å². The van der Waals surface area contributed by atoms with Gasteiger partial charge in [-0.15, -0.1) is 0 Å². The summed E-state index contributed by atoms with van der Waals surface area (Å²) in [5.41, 5.74) is 0. The van der Waals surface area contributed by atoms with E-state index in [-0.39, 0.29) is 5.97 Å². The van der Waals surface area contributed by atoms with E-state index in [0.29, 0.717) is 25.5 Å². The molecule has 0 rings (SSSR count). The second-order valence-electron chi connectivity index (χ2n) is 2.86. The van der Waals surface area contributed by atoms with Crippen molar-refractivity contribution in [3.63, 3.8) is 0 Å². The number of halogens is 2. The van der Waals surface area contributed by atoms with Crippen molar-refractivity contribution < 1.29 is 18.3 Å². The molecule has 0 aliphatic heterocycles. The highest BCUT2D eigenvalue weighted by Crippen LogP contribution is 2.01. The Hall–Kier alpha value is -0.453. The van der Waals surface area contributed by atoms with Crippen molar-refractivity contribution in [3.05, 3.63) is 0 Å². The molecule has 0 atom stereocenters.